The molecule has 0 atom stereocenters. The third kappa shape index (κ3) is 3.36. The molecule has 2 N–H and O–H groups in total. The summed E-state index contributed by atoms with van der Waals surface area (Å²) in [5.74, 6) is 0.357. The van der Waals surface area contributed by atoms with E-state index < -0.39 is 5.41 Å². The molecular weight excluding hydrogens is 324 g/mol. The smallest absolute Gasteiger partial charge is 0.249 e. The van der Waals surface area contributed by atoms with Crippen molar-refractivity contribution in [1.29, 1.82) is 0 Å². The van der Waals surface area contributed by atoms with Crippen molar-refractivity contribution in [2.75, 3.05) is 5.43 Å². The lowest BCUT2D eigenvalue weighted by Gasteiger charge is -2.28. The monoisotopic (exact) mass is 344 g/mol. The van der Waals surface area contributed by atoms with E-state index in [0.717, 1.165) is 42.6 Å². The zero-order valence-electron chi connectivity index (χ0n) is 13.9. The molecular formula is C18H21ClN4O. The molecule has 1 amide bonds. The van der Waals surface area contributed by atoms with E-state index in [-0.39, 0.29) is 5.91 Å². The topological polar surface area (TPSA) is 66.9 Å². The number of hydrogen-bond acceptors (Lipinski definition) is 4. The third-order valence-corrected chi connectivity index (χ3v) is 4.81. The fourth-order valence-corrected chi connectivity index (χ4v) is 3.53. The number of carbonyl (C=O) groups excluding carboxylic acids is 1. The summed E-state index contributed by atoms with van der Waals surface area (Å²) in [4.78, 5) is 21.5. The molecule has 1 fully saturated rings. The average molecular weight is 345 g/mol. The Morgan fingerprint density at radius 1 is 1.08 bits per heavy atom. The van der Waals surface area contributed by atoms with Gasteiger partial charge in [-0.3, -0.25) is 15.6 Å². The van der Waals surface area contributed by atoms with Crippen molar-refractivity contribution >= 4 is 23.5 Å². The molecule has 1 aliphatic rings. The summed E-state index contributed by atoms with van der Waals surface area (Å²) >= 11 is 5.98. The van der Waals surface area contributed by atoms with E-state index >= 15 is 0 Å². The van der Waals surface area contributed by atoms with Crippen LogP contribution < -0.4 is 10.9 Å². The minimum atomic E-state index is -0.517. The van der Waals surface area contributed by atoms with Gasteiger partial charge < -0.3 is 0 Å². The summed E-state index contributed by atoms with van der Waals surface area (Å²) in [7, 11) is 0. The third-order valence-electron chi connectivity index (χ3n) is 4.56. The minimum absolute atomic E-state index is 0.0509. The zero-order valence-corrected chi connectivity index (χ0v) is 14.7. The van der Waals surface area contributed by atoms with E-state index in [0.29, 0.717) is 11.0 Å². The fourth-order valence-electron chi connectivity index (χ4n) is 3.41. The van der Waals surface area contributed by atoms with Gasteiger partial charge in [0.2, 0.25) is 11.9 Å². The first kappa shape index (κ1) is 16.7. The Balaban J connectivity index is 1.79. The number of rotatable bonds is 4. The predicted octanol–water partition coefficient (Wildman–Crippen LogP) is 3.70. The molecule has 6 heteroatoms. The number of nitrogens with one attached hydrogen (secondary N) is 2. The number of aryl methyl sites for hydroxylation is 2. The summed E-state index contributed by atoms with van der Waals surface area (Å²) < 4.78 is 0. The Bertz CT molecular complexity index is 719. The van der Waals surface area contributed by atoms with Gasteiger partial charge in [-0.15, -0.1) is 0 Å². The number of carbonyl (C=O) groups is 1. The molecule has 1 aromatic carbocycles. The van der Waals surface area contributed by atoms with Gasteiger partial charge >= 0.3 is 0 Å². The van der Waals surface area contributed by atoms with Crippen LogP contribution in [0.25, 0.3) is 0 Å². The molecule has 2 aromatic rings. The molecule has 1 heterocycles. The summed E-state index contributed by atoms with van der Waals surface area (Å²) in [6.07, 6.45) is 3.73. The number of hydrazine groups is 1. The minimum Gasteiger partial charge on any atom is -0.272 e. The Morgan fingerprint density at radius 2 is 1.67 bits per heavy atom. The highest BCUT2D eigenvalue weighted by Gasteiger charge is 2.42. The lowest BCUT2D eigenvalue weighted by atomic mass is 9.78. The van der Waals surface area contributed by atoms with Crippen molar-refractivity contribution in [2.24, 2.45) is 0 Å². The molecule has 0 unspecified atom stereocenters. The highest BCUT2D eigenvalue weighted by atomic mass is 35.5. The van der Waals surface area contributed by atoms with Crippen molar-refractivity contribution in [3.63, 3.8) is 0 Å². The van der Waals surface area contributed by atoms with Gasteiger partial charge in [0.15, 0.2) is 0 Å². The van der Waals surface area contributed by atoms with E-state index in [9.17, 15) is 4.79 Å². The molecule has 3 rings (SSSR count). The highest BCUT2D eigenvalue weighted by Crippen LogP contribution is 2.41. The Kier molecular flexibility index (Phi) is 4.71. The van der Waals surface area contributed by atoms with Gasteiger partial charge in [0, 0.05) is 16.4 Å². The van der Waals surface area contributed by atoms with Gasteiger partial charge in [-0.1, -0.05) is 36.6 Å². The van der Waals surface area contributed by atoms with Crippen molar-refractivity contribution in [2.45, 2.75) is 44.9 Å². The quantitative estimate of drug-likeness (QED) is 0.830. The molecule has 0 saturated heterocycles. The molecule has 0 radical (unpaired) electrons. The van der Waals surface area contributed by atoms with E-state index in [1.54, 1.807) is 0 Å². The number of aromatic nitrogens is 2. The molecule has 0 aliphatic heterocycles. The van der Waals surface area contributed by atoms with Gasteiger partial charge in [0.25, 0.3) is 0 Å². The van der Waals surface area contributed by atoms with Crippen LogP contribution in [-0.4, -0.2) is 15.9 Å². The number of halogens is 1. The van der Waals surface area contributed by atoms with E-state index in [1.165, 1.54) is 0 Å². The van der Waals surface area contributed by atoms with Crippen molar-refractivity contribution in [3.05, 3.63) is 52.3 Å². The second-order valence-electron chi connectivity index (χ2n) is 6.35. The average Bonchev–Trinajstić information content (AvgIpc) is 3.03. The normalized spacial score (nSPS) is 16.0. The van der Waals surface area contributed by atoms with Crippen LogP contribution in [0.4, 0.5) is 5.95 Å². The predicted molar refractivity (Wildman–Crippen MR) is 94.9 cm³/mol. The maximum Gasteiger partial charge on any atom is 0.249 e. The SMILES string of the molecule is Cc1cc(C)nc(NNC(=O)C2(c3ccc(Cl)cc3)CCCC2)n1. The molecule has 24 heavy (non-hydrogen) atoms. The highest BCUT2D eigenvalue weighted by molar-refractivity contribution is 6.30. The van der Waals surface area contributed by atoms with Crippen LogP contribution in [0.2, 0.25) is 5.02 Å². The molecule has 0 bridgehead atoms. The van der Waals surface area contributed by atoms with Gasteiger partial charge in [0.1, 0.15) is 0 Å². The van der Waals surface area contributed by atoms with Crippen LogP contribution in [0.3, 0.4) is 0 Å². The lowest BCUT2D eigenvalue weighted by Crippen LogP contribution is -2.45. The maximum absolute atomic E-state index is 12.9. The van der Waals surface area contributed by atoms with Crippen molar-refractivity contribution in [3.8, 4) is 0 Å². The van der Waals surface area contributed by atoms with Crippen LogP contribution in [0, 0.1) is 13.8 Å². The van der Waals surface area contributed by atoms with Crippen molar-refractivity contribution in [1.82, 2.24) is 15.4 Å². The maximum atomic E-state index is 12.9. The van der Waals surface area contributed by atoms with E-state index in [2.05, 4.69) is 20.8 Å². The van der Waals surface area contributed by atoms with Crippen LogP contribution in [-0.2, 0) is 10.2 Å². The Morgan fingerprint density at radius 3 is 2.25 bits per heavy atom. The fraction of sp³-hybridized carbons (Fsp3) is 0.389. The Hall–Kier alpha value is -2.14. The van der Waals surface area contributed by atoms with Crippen LogP contribution >= 0.6 is 11.6 Å². The standard InChI is InChI=1S/C18H21ClN4O/c1-12-11-13(2)21-17(20-12)23-22-16(24)18(9-3-4-10-18)14-5-7-15(19)8-6-14/h5-8,11H,3-4,9-10H2,1-2H3,(H,22,24)(H,20,21,23). The Labute approximate surface area is 146 Å². The summed E-state index contributed by atoms with van der Waals surface area (Å²) in [6, 6.07) is 9.45. The molecule has 0 spiro atoms. The lowest BCUT2D eigenvalue weighted by molar-refractivity contribution is -0.126. The first-order chi connectivity index (χ1) is 11.5. The van der Waals surface area contributed by atoms with Gasteiger partial charge in [-0.2, -0.15) is 0 Å². The largest absolute Gasteiger partial charge is 0.272 e. The van der Waals surface area contributed by atoms with Crippen LogP contribution in [0.15, 0.2) is 30.3 Å². The zero-order chi connectivity index (χ0) is 17.2. The van der Waals surface area contributed by atoms with Crippen LogP contribution in [0.1, 0.15) is 42.6 Å². The first-order valence-electron chi connectivity index (χ1n) is 8.14. The molecule has 1 aromatic heterocycles. The molecule has 5 nitrogen and oxygen atoms in total. The molecule has 126 valence electrons. The summed E-state index contributed by atoms with van der Waals surface area (Å²) in [5.41, 5.74) is 7.86. The van der Waals surface area contributed by atoms with Gasteiger partial charge in [-0.25, -0.2) is 9.97 Å². The first-order valence-corrected chi connectivity index (χ1v) is 8.52. The van der Waals surface area contributed by atoms with Crippen LogP contribution in [0.5, 0.6) is 0 Å². The summed E-state index contributed by atoms with van der Waals surface area (Å²) in [5, 5.41) is 0.675. The number of amides is 1. The number of hydrogen-bond donors (Lipinski definition) is 2. The van der Waals surface area contributed by atoms with E-state index in [1.807, 2.05) is 44.2 Å². The molecule has 1 aliphatic carbocycles. The van der Waals surface area contributed by atoms with Gasteiger partial charge in [-0.05, 0) is 50.5 Å². The van der Waals surface area contributed by atoms with E-state index in [4.69, 9.17) is 11.6 Å². The summed E-state index contributed by atoms with van der Waals surface area (Å²) in [6.45, 7) is 3.79. The second-order valence-corrected chi connectivity index (χ2v) is 6.79. The van der Waals surface area contributed by atoms with Crippen molar-refractivity contribution < 1.29 is 4.79 Å². The second kappa shape index (κ2) is 6.77. The van der Waals surface area contributed by atoms with Gasteiger partial charge in [0.05, 0.1) is 5.41 Å². The number of benzene rings is 1. The molecule has 1 saturated carbocycles. The number of anilines is 1. The number of nitrogens with zero attached hydrogens (tertiary/aromatic N) is 2.